The number of unbranched alkanes of at least 4 members (excludes halogenated alkanes) is 5. The number of hydrogen-bond donors (Lipinski definition) is 1. The highest BCUT2D eigenvalue weighted by molar-refractivity contribution is 14.1. The maximum Gasteiger partial charge on any atom is 0.269 e. The van der Waals surface area contributed by atoms with Gasteiger partial charge in [0.1, 0.15) is 0 Å². The van der Waals surface area contributed by atoms with Crippen molar-refractivity contribution < 1.29 is 17.9 Å². The van der Waals surface area contributed by atoms with E-state index in [1.54, 1.807) is 12.1 Å². The van der Waals surface area contributed by atoms with Crippen LogP contribution < -0.4 is 0 Å². The quantitative estimate of drug-likeness (QED) is 0.142. The highest BCUT2D eigenvalue weighted by Gasteiger charge is 2.06. The van der Waals surface area contributed by atoms with Crippen LogP contribution in [0.15, 0.2) is 48.5 Å². The van der Waals surface area contributed by atoms with Crippen LogP contribution >= 0.6 is 22.6 Å². The molecule has 0 bridgehead atoms. The Morgan fingerprint density at radius 2 is 1.54 bits per heavy atom. The van der Waals surface area contributed by atoms with Gasteiger partial charge < -0.3 is 0 Å². The summed E-state index contributed by atoms with van der Waals surface area (Å²) < 4.78 is 30.1. The molecule has 0 atom stereocenters. The summed E-state index contributed by atoms with van der Waals surface area (Å²) in [6, 6.07) is 14.5. The molecular weight excluding hydrogens is 493 g/mol. The van der Waals surface area contributed by atoms with Crippen LogP contribution in [0.3, 0.4) is 0 Å². The zero-order valence-electron chi connectivity index (χ0n) is 15.9. The third-order valence-electron chi connectivity index (χ3n) is 4.02. The lowest BCUT2D eigenvalue weighted by Gasteiger charge is -2.03. The molecule has 0 aliphatic carbocycles. The predicted molar refractivity (Wildman–Crippen MR) is 121 cm³/mol. The third-order valence-corrected chi connectivity index (χ3v) is 5.76. The molecular formula is C20H26INO5S. The normalized spacial score (nSPS) is 10.8. The first kappa shape index (κ1) is 24.5. The van der Waals surface area contributed by atoms with Crippen LogP contribution in [0.5, 0.6) is 0 Å². The van der Waals surface area contributed by atoms with Gasteiger partial charge in [-0.15, -0.1) is 0 Å². The molecule has 154 valence electrons. The monoisotopic (exact) mass is 519 g/mol. The summed E-state index contributed by atoms with van der Waals surface area (Å²) in [7, 11) is -3.72. The first-order chi connectivity index (χ1) is 13.2. The van der Waals surface area contributed by atoms with Gasteiger partial charge in [-0.1, -0.05) is 57.2 Å². The van der Waals surface area contributed by atoms with Crippen molar-refractivity contribution in [3.63, 3.8) is 0 Å². The van der Waals surface area contributed by atoms with Crippen molar-refractivity contribution in [1.29, 1.82) is 0 Å². The van der Waals surface area contributed by atoms with Crippen molar-refractivity contribution in [2.45, 2.75) is 45.4 Å². The first-order valence-corrected chi connectivity index (χ1v) is 11.9. The number of halogens is 1. The lowest BCUT2D eigenvalue weighted by atomic mass is 10.1. The largest absolute Gasteiger partial charge is 0.286 e. The minimum Gasteiger partial charge on any atom is -0.286 e. The summed E-state index contributed by atoms with van der Waals surface area (Å²) in [6.45, 7) is 2.14. The van der Waals surface area contributed by atoms with Gasteiger partial charge in [-0.2, -0.15) is 8.42 Å². The molecule has 0 aromatic heterocycles. The zero-order chi connectivity index (χ0) is 21.0. The van der Waals surface area contributed by atoms with Gasteiger partial charge in [0.25, 0.3) is 15.8 Å². The molecule has 0 aliphatic rings. The number of nitro benzene ring substituents is 1. The van der Waals surface area contributed by atoms with E-state index in [4.69, 9.17) is 4.55 Å². The van der Waals surface area contributed by atoms with Gasteiger partial charge in [-0.3, -0.25) is 14.7 Å². The lowest BCUT2D eigenvalue weighted by molar-refractivity contribution is -0.384. The second-order valence-corrected chi connectivity index (χ2v) is 9.07. The maximum atomic E-state index is 10.5. The van der Waals surface area contributed by atoms with Gasteiger partial charge in [0.05, 0.1) is 10.7 Å². The lowest BCUT2D eigenvalue weighted by Crippen LogP contribution is -2.03. The van der Waals surface area contributed by atoms with E-state index in [2.05, 4.69) is 29.5 Å². The minimum absolute atomic E-state index is 0.0842. The van der Waals surface area contributed by atoms with Crippen molar-refractivity contribution in [3.05, 3.63) is 62.2 Å². The molecule has 0 spiro atoms. The molecule has 2 aromatic carbocycles. The van der Waals surface area contributed by atoms with Gasteiger partial charge in [-0.05, 0) is 58.3 Å². The first-order valence-electron chi connectivity index (χ1n) is 9.19. The summed E-state index contributed by atoms with van der Waals surface area (Å²) >= 11 is 2.25. The number of benzene rings is 2. The standard InChI is InChI=1S/C12H8INO2.C8H18O3S/c13-12-4-2-1-3-11(12)9-5-7-10(8-6-9)14(15)16;1-2-3-4-5-6-7-8-12(9,10)11/h1-8H;2-8H2,1H3,(H,9,10,11). The molecule has 0 saturated carbocycles. The predicted octanol–water partition coefficient (Wildman–Crippen LogP) is 6.10. The highest BCUT2D eigenvalue weighted by atomic mass is 127. The number of nitrogens with zero attached hydrogens (tertiary/aromatic N) is 1. The molecule has 0 radical (unpaired) electrons. The fourth-order valence-corrected chi connectivity index (χ4v) is 3.79. The Kier molecular flexibility index (Phi) is 11.2. The van der Waals surface area contributed by atoms with Gasteiger partial charge in [0, 0.05) is 15.7 Å². The second-order valence-electron chi connectivity index (χ2n) is 6.34. The molecule has 0 aliphatic heterocycles. The van der Waals surface area contributed by atoms with Gasteiger partial charge in [-0.25, -0.2) is 0 Å². The molecule has 2 aromatic rings. The minimum atomic E-state index is -3.72. The number of non-ortho nitro benzene ring substituents is 1. The SMILES string of the molecule is CCCCCCCCS(=O)(=O)O.O=[N+]([O-])c1ccc(-c2ccccc2I)cc1. The molecule has 28 heavy (non-hydrogen) atoms. The second kappa shape index (κ2) is 12.8. The van der Waals surface area contributed by atoms with Crippen LogP contribution in [0.1, 0.15) is 45.4 Å². The molecule has 0 fully saturated rings. The summed E-state index contributed by atoms with van der Waals surface area (Å²) in [5, 5.41) is 10.5. The zero-order valence-corrected chi connectivity index (χ0v) is 18.9. The van der Waals surface area contributed by atoms with E-state index in [1.165, 1.54) is 31.4 Å². The number of rotatable bonds is 9. The van der Waals surface area contributed by atoms with Crippen molar-refractivity contribution in [2.75, 3.05) is 5.75 Å². The van der Waals surface area contributed by atoms with Crippen LogP contribution in [-0.2, 0) is 10.1 Å². The Labute approximate surface area is 180 Å². The molecule has 0 amide bonds. The molecule has 6 nitrogen and oxygen atoms in total. The van der Waals surface area contributed by atoms with Crippen LogP contribution in [-0.4, -0.2) is 23.6 Å². The fraction of sp³-hybridized carbons (Fsp3) is 0.400. The Balaban J connectivity index is 0.000000295. The molecule has 0 unspecified atom stereocenters. The molecule has 2 rings (SSSR count). The fourth-order valence-electron chi connectivity index (χ4n) is 2.52. The molecule has 0 saturated heterocycles. The van der Waals surface area contributed by atoms with E-state index < -0.39 is 10.1 Å². The van der Waals surface area contributed by atoms with Crippen LogP contribution in [0.25, 0.3) is 11.1 Å². The summed E-state index contributed by atoms with van der Waals surface area (Å²) in [5.41, 5.74) is 2.21. The molecule has 8 heteroatoms. The average Bonchev–Trinajstić information content (AvgIpc) is 2.65. The van der Waals surface area contributed by atoms with E-state index in [0.29, 0.717) is 6.42 Å². The van der Waals surface area contributed by atoms with Gasteiger partial charge in [0.2, 0.25) is 0 Å². The highest BCUT2D eigenvalue weighted by Crippen LogP contribution is 2.26. The molecule has 1 N–H and O–H groups in total. The van der Waals surface area contributed by atoms with Crippen LogP contribution in [0.2, 0.25) is 0 Å². The van der Waals surface area contributed by atoms with Crippen molar-refractivity contribution in [1.82, 2.24) is 0 Å². The van der Waals surface area contributed by atoms with Crippen molar-refractivity contribution >= 4 is 38.4 Å². The summed E-state index contributed by atoms with van der Waals surface area (Å²) in [6.07, 6.45) is 6.14. The van der Waals surface area contributed by atoms with Crippen LogP contribution in [0, 0.1) is 13.7 Å². The van der Waals surface area contributed by atoms with Gasteiger partial charge >= 0.3 is 0 Å². The van der Waals surface area contributed by atoms with E-state index in [1.807, 2.05) is 24.3 Å². The van der Waals surface area contributed by atoms with Crippen molar-refractivity contribution in [2.24, 2.45) is 0 Å². The Morgan fingerprint density at radius 3 is 2.07 bits per heavy atom. The third kappa shape index (κ3) is 10.1. The van der Waals surface area contributed by atoms with E-state index in [9.17, 15) is 18.5 Å². The topological polar surface area (TPSA) is 97.5 Å². The van der Waals surface area contributed by atoms with E-state index in [-0.39, 0.29) is 16.4 Å². The number of nitro groups is 1. The Morgan fingerprint density at radius 1 is 0.964 bits per heavy atom. The Bertz CT molecular complexity index is 838. The smallest absolute Gasteiger partial charge is 0.269 e. The van der Waals surface area contributed by atoms with Crippen molar-refractivity contribution in [3.8, 4) is 11.1 Å². The summed E-state index contributed by atoms with van der Waals surface area (Å²) in [5.74, 6) is -0.0842. The average molecular weight is 519 g/mol. The van der Waals surface area contributed by atoms with Crippen LogP contribution in [0.4, 0.5) is 5.69 Å². The molecule has 0 heterocycles. The van der Waals surface area contributed by atoms with Gasteiger partial charge in [0.15, 0.2) is 0 Å². The summed E-state index contributed by atoms with van der Waals surface area (Å²) in [4.78, 5) is 10.1. The van der Waals surface area contributed by atoms with E-state index in [0.717, 1.165) is 27.5 Å². The van der Waals surface area contributed by atoms with E-state index >= 15 is 0 Å². The maximum absolute atomic E-state index is 10.5. The number of hydrogen-bond acceptors (Lipinski definition) is 4. The Hall–Kier alpha value is -1.52.